The monoisotopic (exact) mass is 292 g/mol. The molecule has 0 unspecified atom stereocenters. The van der Waals surface area contributed by atoms with Crippen molar-refractivity contribution in [3.05, 3.63) is 29.3 Å². The van der Waals surface area contributed by atoms with Crippen LogP contribution in [0, 0.1) is 5.41 Å². The van der Waals surface area contributed by atoms with E-state index >= 15 is 0 Å². The first-order valence-corrected chi connectivity index (χ1v) is 7.20. The Labute approximate surface area is 121 Å². The highest BCUT2D eigenvalue weighted by molar-refractivity contribution is 8.15. The summed E-state index contributed by atoms with van der Waals surface area (Å²) < 4.78 is 4.71. The maximum absolute atomic E-state index is 12.0. The zero-order valence-electron chi connectivity index (χ0n) is 11.6. The number of methoxy groups -OCH3 is 1. The van der Waals surface area contributed by atoms with Crippen molar-refractivity contribution in [2.45, 2.75) is 19.8 Å². The number of hydrogen-bond donors (Lipinski definition) is 1. The Morgan fingerprint density at radius 3 is 2.65 bits per heavy atom. The van der Waals surface area contributed by atoms with E-state index in [1.54, 1.807) is 12.1 Å². The lowest BCUT2D eigenvalue weighted by atomic mass is 9.98. The molecule has 0 aliphatic carbocycles. The van der Waals surface area contributed by atoms with Crippen LogP contribution in [0.15, 0.2) is 18.2 Å². The molecule has 5 nitrogen and oxygen atoms in total. The van der Waals surface area contributed by atoms with Gasteiger partial charge in [-0.2, -0.15) is 0 Å². The quantitative estimate of drug-likeness (QED) is 0.869. The molecule has 0 spiro atoms. The Balaban J connectivity index is 2.55. The summed E-state index contributed by atoms with van der Waals surface area (Å²) in [7, 11) is 1.32. The van der Waals surface area contributed by atoms with Crippen molar-refractivity contribution in [1.29, 1.82) is 5.41 Å². The molecule has 1 amide bonds. The van der Waals surface area contributed by atoms with Gasteiger partial charge >= 0.3 is 5.97 Å². The minimum Gasteiger partial charge on any atom is -0.465 e. The van der Waals surface area contributed by atoms with E-state index < -0.39 is 5.97 Å². The topological polar surface area (TPSA) is 70.5 Å². The third kappa shape index (κ3) is 2.56. The van der Waals surface area contributed by atoms with Gasteiger partial charge in [0, 0.05) is 0 Å². The molecular weight excluding hydrogens is 276 g/mol. The van der Waals surface area contributed by atoms with Crippen LogP contribution in [-0.4, -0.2) is 29.9 Å². The number of carbonyl (C=O) groups excluding carboxylic acids is 2. The molecule has 0 aromatic heterocycles. The molecule has 2 rings (SSSR count). The third-order valence-electron chi connectivity index (χ3n) is 3.10. The van der Waals surface area contributed by atoms with Gasteiger partial charge in [-0.3, -0.25) is 15.1 Å². The van der Waals surface area contributed by atoms with E-state index in [4.69, 9.17) is 10.1 Å². The second-order valence-corrected chi connectivity index (χ2v) is 5.71. The van der Waals surface area contributed by atoms with Crippen LogP contribution in [0.2, 0.25) is 0 Å². The Morgan fingerprint density at radius 2 is 2.15 bits per heavy atom. The van der Waals surface area contributed by atoms with Gasteiger partial charge in [0.2, 0.25) is 5.91 Å². The molecule has 6 heteroatoms. The number of nitrogens with one attached hydrogen (secondary N) is 1. The highest BCUT2D eigenvalue weighted by atomic mass is 32.2. The summed E-state index contributed by atoms with van der Waals surface area (Å²) in [5.74, 6) is -0.141. The van der Waals surface area contributed by atoms with Crippen molar-refractivity contribution >= 4 is 34.5 Å². The molecular formula is C14H16N2O3S. The summed E-state index contributed by atoms with van der Waals surface area (Å²) in [6, 6.07) is 5.12. The van der Waals surface area contributed by atoms with Gasteiger partial charge in [0.1, 0.15) is 0 Å². The Morgan fingerprint density at radius 1 is 1.45 bits per heavy atom. The van der Waals surface area contributed by atoms with Gasteiger partial charge < -0.3 is 4.74 Å². The third-order valence-corrected chi connectivity index (χ3v) is 3.95. The molecule has 1 fully saturated rings. The zero-order valence-corrected chi connectivity index (χ0v) is 12.4. The van der Waals surface area contributed by atoms with E-state index in [-0.39, 0.29) is 22.7 Å². The predicted octanol–water partition coefficient (Wildman–Crippen LogP) is 2.61. The predicted molar refractivity (Wildman–Crippen MR) is 79.5 cm³/mol. The normalized spacial score (nSPS) is 15.1. The molecule has 20 heavy (non-hydrogen) atoms. The molecule has 0 atom stereocenters. The number of carbonyl (C=O) groups is 2. The van der Waals surface area contributed by atoms with Crippen LogP contribution in [0.25, 0.3) is 0 Å². The number of rotatable bonds is 3. The first-order chi connectivity index (χ1) is 9.45. The smallest absolute Gasteiger partial charge is 0.337 e. The number of thioether (sulfide) groups is 1. The van der Waals surface area contributed by atoms with Gasteiger partial charge in [0.15, 0.2) is 5.17 Å². The van der Waals surface area contributed by atoms with E-state index in [9.17, 15) is 9.59 Å². The van der Waals surface area contributed by atoms with Crippen molar-refractivity contribution in [2.75, 3.05) is 17.8 Å². The van der Waals surface area contributed by atoms with Gasteiger partial charge in [-0.25, -0.2) is 4.79 Å². The molecule has 1 aliphatic rings. The lowest BCUT2D eigenvalue weighted by molar-refractivity contribution is -0.115. The second-order valence-electron chi connectivity index (χ2n) is 4.74. The van der Waals surface area contributed by atoms with Crippen LogP contribution in [-0.2, 0) is 9.53 Å². The molecule has 0 radical (unpaired) electrons. The summed E-state index contributed by atoms with van der Waals surface area (Å²) in [5, 5.41) is 8.08. The Bertz CT molecular complexity index is 568. The van der Waals surface area contributed by atoms with Crippen LogP contribution >= 0.6 is 11.8 Å². The van der Waals surface area contributed by atoms with Crippen LogP contribution in [0.3, 0.4) is 0 Å². The van der Waals surface area contributed by atoms with E-state index in [1.165, 1.54) is 23.8 Å². The second kappa shape index (κ2) is 5.66. The van der Waals surface area contributed by atoms with Gasteiger partial charge in [-0.15, -0.1) is 0 Å². The molecule has 0 bridgehead atoms. The zero-order chi connectivity index (χ0) is 14.9. The number of benzene rings is 1. The number of hydrogen-bond acceptors (Lipinski definition) is 5. The Hall–Kier alpha value is -1.82. The number of ether oxygens (including phenoxy) is 1. The fraction of sp³-hybridized carbons (Fsp3) is 0.357. The summed E-state index contributed by atoms with van der Waals surface area (Å²) in [5.41, 5.74) is 1.91. The van der Waals surface area contributed by atoms with Crippen molar-refractivity contribution < 1.29 is 14.3 Å². The average molecular weight is 292 g/mol. The number of esters is 1. The highest BCUT2D eigenvalue weighted by Crippen LogP contribution is 2.33. The van der Waals surface area contributed by atoms with Crippen molar-refractivity contribution in [1.82, 2.24) is 0 Å². The molecule has 0 saturated carbocycles. The van der Waals surface area contributed by atoms with Crippen molar-refractivity contribution in [2.24, 2.45) is 0 Å². The number of amides is 1. The summed E-state index contributed by atoms with van der Waals surface area (Å²) >= 11 is 1.19. The number of anilines is 1. The summed E-state index contributed by atoms with van der Waals surface area (Å²) in [6.45, 7) is 4.02. The van der Waals surface area contributed by atoms with Crippen LogP contribution < -0.4 is 4.90 Å². The Kier molecular flexibility index (Phi) is 4.13. The minimum absolute atomic E-state index is 0.135. The highest BCUT2D eigenvalue weighted by Gasteiger charge is 2.31. The molecule has 1 aliphatic heterocycles. The fourth-order valence-electron chi connectivity index (χ4n) is 2.09. The first kappa shape index (κ1) is 14.6. The average Bonchev–Trinajstić information content (AvgIpc) is 2.76. The summed E-state index contributed by atoms with van der Waals surface area (Å²) in [4.78, 5) is 25.0. The minimum atomic E-state index is -0.451. The maximum Gasteiger partial charge on any atom is 0.337 e. The first-order valence-electron chi connectivity index (χ1n) is 6.22. The van der Waals surface area contributed by atoms with Crippen molar-refractivity contribution in [3.63, 3.8) is 0 Å². The number of nitrogens with zero attached hydrogens (tertiary/aromatic N) is 1. The van der Waals surface area contributed by atoms with Crippen molar-refractivity contribution in [3.8, 4) is 0 Å². The van der Waals surface area contributed by atoms with E-state index in [0.29, 0.717) is 11.3 Å². The van der Waals surface area contributed by atoms with Crippen LogP contribution in [0.1, 0.15) is 35.7 Å². The largest absolute Gasteiger partial charge is 0.465 e. The van der Waals surface area contributed by atoms with Gasteiger partial charge in [-0.1, -0.05) is 31.7 Å². The standard InChI is InChI=1S/C14H16N2O3S/c1-8(2)10-5-4-9(13(18)19-3)6-11(10)16-12(17)7-20-14(16)15/h4-6,8,15H,7H2,1-3H3. The van der Waals surface area contributed by atoms with Crippen LogP contribution in [0.5, 0.6) is 0 Å². The van der Waals surface area contributed by atoms with Gasteiger partial charge in [0.25, 0.3) is 0 Å². The fourth-order valence-corrected chi connectivity index (χ4v) is 2.81. The lowest BCUT2D eigenvalue weighted by Gasteiger charge is -2.21. The van der Waals surface area contributed by atoms with E-state index in [2.05, 4.69) is 0 Å². The molecule has 106 valence electrons. The maximum atomic E-state index is 12.0. The molecule has 1 N–H and O–H groups in total. The van der Waals surface area contributed by atoms with Crippen LogP contribution in [0.4, 0.5) is 5.69 Å². The summed E-state index contributed by atoms with van der Waals surface area (Å²) in [6.07, 6.45) is 0. The van der Waals surface area contributed by atoms with E-state index in [1.807, 2.05) is 19.9 Å². The lowest BCUT2D eigenvalue weighted by Crippen LogP contribution is -2.30. The van der Waals surface area contributed by atoms with Gasteiger partial charge in [0.05, 0.1) is 24.1 Å². The van der Waals surface area contributed by atoms with Gasteiger partial charge in [-0.05, 0) is 23.6 Å². The molecule has 1 saturated heterocycles. The molecule has 1 aromatic rings. The molecule has 1 aromatic carbocycles. The SMILES string of the molecule is COC(=O)c1ccc(C(C)C)c(N2C(=N)SCC2=O)c1. The number of amidine groups is 1. The van der Waals surface area contributed by atoms with E-state index in [0.717, 1.165) is 5.56 Å². The molecule has 1 heterocycles.